The molecule has 1 aromatic heterocycles. The Morgan fingerprint density at radius 1 is 1.58 bits per heavy atom. The van der Waals surface area contributed by atoms with Crippen LogP contribution in [0.5, 0.6) is 0 Å². The zero-order valence-corrected chi connectivity index (χ0v) is 10.6. The number of hydrogen-bond donors (Lipinski definition) is 2. The second-order valence-corrected chi connectivity index (χ2v) is 3.80. The van der Waals surface area contributed by atoms with E-state index in [1.54, 1.807) is 0 Å². The van der Waals surface area contributed by atoms with Crippen LogP contribution in [0.3, 0.4) is 0 Å². The maximum Gasteiger partial charge on any atom is 0.337 e. The summed E-state index contributed by atoms with van der Waals surface area (Å²) < 4.78 is 0. The lowest BCUT2D eigenvalue weighted by Gasteiger charge is -1.98. The Labute approximate surface area is 109 Å². The van der Waals surface area contributed by atoms with Crippen LogP contribution in [0.1, 0.15) is 24.5 Å². The number of aromatic nitrogens is 1. The van der Waals surface area contributed by atoms with Crippen molar-refractivity contribution in [2.24, 2.45) is 0 Å². The van der Waals surface area contributed by atoms with Gasteiger partial charge in [-0.15, -0.1) is 0 Å². The molecule has 1 aromatic rings. The van der Waals surface area contributed by atoms with Crippen molar-refractivity contribution >= 4 is 11.6 Å². The molecular weight excluding hydrogens is 250 g/mol. The van der Waals surface area contributed by atoms with Gasteiger partial charge in [0.2, 0.25) is 5.91 Å². The molecule has 100 valence electrons. The summed E-state index contributed by atoms with van der Waals surface area (Å²) >= 11 is 0. The van der Waals surface area contributed by atoms with Crippen LogP contribution in [-0.2, 0) is 4.79 Å². The van der Waals surface area contributed by atoms with E-state index in [9.17, 15) is 19.7 Å². The number of hydrogen-bond acceptors (Lipinski definition) is 4. The van der Waals surface area contributed by atoms with Crippen molar-refractivity contribution in [3.63, 3.8) is 0 Å². The number of nitro groups is 1. The molecule has 0 unspecified atom stereocenters. The van der Waals surface area contributed by atoms with Crippen molar-refractivity contribution in [1.29, 1.82) is 0 Å². The van der Waals surface area contributed by atoms with Gasteiger partial charge in [-0.1, -0.05) is 11.8 Å². The van der Waals surface area contributed by atoms with Crippen molar-refractivity contribution in [2.75, 3.05) is 6.54 Å². The Hall–Kier alpha value is -2.62. The first-order valence-corrected chi connectivity index (χ1v) is 5.53. The molecule has 0 aliphatic carbocycles. The monoisotopic (exact) mass is 263 g/mol. The fourth-order valence-electron chi connectivity index (χ4n) is 1.42. The predicted octanol–water partition coefficient (Wildman–Crippen LogP) is 0.469. The Balaban J connectivity index is 2.89. The van der Waals surface area contributed by atoms with E-state index >= 15 is 0 Å². The molecule has 1 heterocycles. The number of carbonyl (C=O) groups excluding carboxylic acids is 1. The minimum absolute atomic E-state index is 0.141. The average Bonchev–Trinajstić information content (AvgIpc) is 2.30. The van der Waals surface area contributed by atoms with E-state index in [4.69, 9.17) is 0 Å². The number of pyridine rings is 1. The SMILES string of the molecule is CC(=O)NCCC#Cc1c[nH]c(=O)c([N+](=O)[O-])c1C. The highest BCUT2D eigenvalue weighted by molar-refractivity contribution is 5.72. The van der Waals surface area contributed by atoms with Crippen molar-refractivity contribution in [3.05, 3.63) is 37.8 Å². The van der Waals surface area contributed by atoms with Crippen LogP contribution >= 0.6 is 0 Å². The quantitative estimate of drug-likeness (QED) is 0.358. The molecule has 7 nitrogen and oxygen atoms in total. The lowest BCUT2D eigenvalue weighted by atomic mass is 10.1. The lowest BCUT2D eigenvalue weighted by Crippen LogP contribution is -2.20. The Bertz CT molecular complexity index is 622. The van der Waals surface area contributed by atoms with Gasteiger partial charge in [-0.3, -0.25) is 19.7 Å². The molecule has 19 heavy (non-hydrogen) atoms. The smallest absolute Gasteiger partial charge is 0.337 e. The first-order valence-electron chi connectivity index (χ1n) is 5.53. The molecule has 0 atom stereocenters. The van der Waals surface area contributed by atoms with Gasteiger partial charge in [0, 0.05) is 31.6 Å². The third-order valence-electron chi connectivity index (χ3n) is 2.35. The molecule has 1 rings (SSSR count). The third-order valence-corrected chi connectivity index (χ3v) is 2.35. The maximum atomic E-state index is 11.3. The molecular formula is C12H13N3O4. The lowest BCUT2D eigenvalue weighted by molar-refractivity contribution is -0.386. The van der Waals surface area contributed by atoms with Crippen LogP contribution in [0.4, 0.5) is 5.69 Å². The van der Waals surface area contributed by atoms with Gasteiger partial charge in [0.15, 0.2) is 0 Å². The summed E-state index contributed by atoms with van der Waals surface area (Å²) in [5, 5.41) is 13.3. The molecule has 0 radical (unpaired) electrons. The number of amides is 1. The molecule has 0 fully saturated rings. The minimum Gasteiger partial charge on any atom is -0.355 e. The van der Waals surface area contributed by atoms with Gasteiger partial charge in [0.05, 0.1) is 10.5 Å². The number of carbonyl (C=O) groups is 1. The van der Waals surface area contributed by atoms with Gasteiger partial charge >= 0.3 is 11.2 Å². The number of H-pyrrole nitrogens is 1. The van der Waals surface area contributed by atoms with Crippen LogP contribution in [0, 0.1) is 28.9 Å². The van der Waals surface area contributed by atoms with E-state index < -0.39 is 16.2 Å². The highest BCUT2D eigenvalue weighted by Gasteiger charge is 2.18. The standard InChI is InChI=1S/C12H13N3O4/c1-8-10(5-3-4-6-13-9(2)16)7-14-12(17)11(8)15(18)19/h7H,4,6H2,1-2H3,(H,13,16)(H,14,17). The largest absolute Gasteiger partial charge is 0.355 e. The van der Waals surface area contributed by atoms with Crippen LogP contribution < -0.4 is 10.9 Å². The molecule has 0 saturated heterocycles. The molecule has 0 aliphatic heterocycles. The normalized spacial score (nSPS) is 9.37. The maximum absolute atomic E-state index is 11.3. The third kappa shape index (κ3) is 3.96. The number of rotatable bonds is 3. The molecule has 2 N–H and O–H groups in total. The first kappa shape index (κ1) is 14.4. The van der Waals surface area contributed by atoms with Crippen LogP contribution in [0.15, 0.2) is 11.0 Å². The summed E-state index contributed by atoms with van der Waals surface area (Å²) in [5.41, 5.74) is -0.602. The highest BCUT2D eigenvalue weighted by atomic mass is 16.6. The van der Waals surface area contributed by atoms with E-state index in [2.05, 4.69) is 22.1 Å². The van der Waals surface area contributed by atoms with E-state index in [0.717, 1.165) is 0 Å². The topological polar surface area (TPSA) is 105 Å². The van der Waals surface area contributed by atoms with Gasteiger partial charge in [0.25, 0.3) is 0 Å². The van der Waals surface area contributed by atoms with Gasteiger partial charge in [0.1, 0.15) is 0 Å². The second-order valence-electron chi connectivity index (χ2n) is 3.80. The molecule has 0 aliphatic rings. The van der Waals surface area contributed by atoms with Crippen LogP contribution in [0.25, 0.3) is 0 Å². The zero-order valence-electron chi connectivity index (χ0n) is 10.6. The predicted molar refractivity (Wildman–Crippen MR) is 68.6 cm³/mol. The van der Waals surface area contributed by atoms with E-state index in [-0.39, 0.29) is 11.5 Å². The van der Waals surface area contributed by atoms with Crippen LogP contribution in [-0.4, -0.2) is 22.4 Å². The van der Waals surface area contributed by atoms with Crippen molar-refractivity contribution in [3.8, 4) is 11.8 Å². The van der Waals surface area contributed by atoms with Gasteiger partial charge in [-0.05, 0) is 6.92 Å². The van der Waals surface area contributed by atoms with Crippen molar-refractivity contribution in [1.82, 2.24) is 10.3 Å². The summed E-state index contributed by atoms with van der Waals surface area (Å²) in [5.74, 6) is 5.37. The van der Waals surface area contributed by atoms with Gasteiger partial charge < -0.3 is 10.3 Å². The molecule has 0 saturated carbocycles. The molecule has 0 bridgehead atoms. The van der Waals surface area contributed by atoms with Gasteiger partial charge in [-0.25, -0.2) is 0 Å². The van der Waals surface area contributed by atoms with E-state index in [1.165, 1.54) is 20.0 Å². The first-order chi connectivity index (χ1) is 8.93. The number of nitrogens with one attached hydrogen (secondary N) is 2. The number of nitrogens with zero attached hydrogens (tertiary/aromatic N) is 1. The second kappa shape index (κ2) is 6.35. The molecule has 1 amide bonds. The highest BCUT2D eigenvalue weighted by Crippen LogP contribution is 2.14. The van der Waals surface area contributed by atoms with E-state index in [0.29, 0.717) is 18.5 Å². The summed E-state index contributed by atoms with van der Waals surface area (Å²) in [6.07, 6.45) is 1.77. The van der Waals surface area contributed by atoms with Gasteiger partial charge in [-0.2, -0.15) is 0 Å². The Morgan fingerprint density at radius 3 is 2.84 bits per heavy atom. The summed E-state index contributed by atoms with van der Waals surface area (Å²) in [4.78, 5) is 34.2. The Morgan fingerprint density at radius 2 is 2.26 bits per heavy atom. The summed E-state index contributed by atoms with van der Waals surface area (Å²) in [6, 6.07) is 0. The minimum atomic E-state index is -0.744. The average molecular weight is 263 g/mol. The van der Waals surface area contributed by atoms with E-state index in [1.807, 2.05) is 0 Å². The van der Waals surface area contributed by atoms with Crippen LogP contribution in [0.2, 0.25) is 0 Å². The van der Waals surface area contributed by atoms with Crippen molar-refractivity contribution in [2.45, 2.75) is 20.3 Å². The van der Waals surface area contributed by atoms with Crippen molar-refractivity contribution < 1.29 is 9.72 Å². The molecule has 0 spiro atoms. The fraction of sp³-hybridized carbons (Fsp3) is 0.333. The zero-order chi connectivity index (χ0) is 14.4. The number of aromatic amines is 1. The molecule has 7 heteroatoms. The molecule has 0 aromatic carbocycles. The summed E-state index contributed by atoms with van der Waals surface area (Å²) in [7, 11) is 0. The Kier molecular flexibility index (Phi) is 4.83. The summed E-state index contributed by atoms with van der Waals surface area (Å²) in [6.45, 7) is 3.29. The fourth-order valence-corrected chi connectivity index (χ4v) is 1.42.